The standard InChI is InChI=1S/C21H19N5O/c27-26-19(14-7-8-14)20-15-9-10-21(13-16(15)24-25-20,17-5-1-3-11-22-17)18-6-2-4-12-23-18/h1-6,9-12,14,27H,7-8,13H2,(H,24,25). The van der Waals surface area contributed by atoms with Crippen LogP contribution in [0.5, 0.6) is 0 Å². The predicted molar refractivity (Wildman–Crippen MR) is 102 cm³/mol. The molecule has 6 nitrogen and oxygen atoms in total. The molecule has 0 bridgehead atoms. The Labute approximate surface area is 156 Å². The number of pyridine rings is 2. The van der Waals surface area contributed by atoms with Gasteiger partial charge in [-0.3, -0.25) is 15.1 Å². The zero-order valence-electron chi connectivity index (χ0n) is 14.7. The minimum absolute atomic E-state index is 0.314. The SMILES string of the molecule is ON=C(c1n[nH]c2c1C=CC(c1ccccn1)(c1ccccn1)C2)C1CC1. The number of oxime groups is 1. The van der Waals surface area contributed by atoms with E-state index in [1.165, 1.54) is 0 Å². The van der Waals surface area contributed by atoms with Crippen molar-refractivity contribution in [3.8, 4) is 0 Å². The molecular weight excluding hydrogens is 338 g/mol. The topological polar surface area (TPSA) is 87.0 Å². The second kappa shape index (κ2) is 6.16. The normalized spacial score (nSPS) is 18.3. The summed E-state index contributed by atoms with van der Waals surface area (Å²) < 4.78 is 0. The van der Waals surface area contributed by atoms with E-state index in [2.05, 4.69) is 37.5 Å². The van der Waals surface area contributed by atoms with Crippen LogP contribution in [0.25, 0.3) is 6.08 Å². The van der Waals surface area contributed by atoms with Crippen molar-refractivity contribution in [3.63, 3.8) is 0 Å². The molecule has 3 heterocycles. The van der Waals surface area contributed by atoms with Crippen LogP contribution in [0.3, 0.4) is 0 Å². The molecule has 6 heteroatoms. The lowest BCUT2D eigenvalue weighted by molar-refractivity contribution is 0.317. The Morgan fingerprint density at radius 2 is 1.78 bits per heavy atom. The molecule has 2 aliphatic rings. The summed E-state index contributed by atoms with van der Waals surface area (Å²) in [6, 6.07) is 11.9. The molecule has 0 aliphatic heterocycles. The summed E-state index contributed by atoms with van der Waals surface area (Å²) in [7, 11) is 0. The van der Waals surface area contributed by atoms with Crippen LogP contribution in [0.15, 0.2) is 60.0 Å². The highest BCUT2D eigenvalue weighted by atomic mass is 16.4. The third kappa shape index (κ3) is 2.56. The van der Waals surface area contributed by atoms with E-state index in [1.54, 1.807) is 0 Å². The van der Waals surface area contributed by atoms with Crippen molar-refractivity contribution in [3.05, 3.63) is 83.2 Å². The molecule has 0 saturated heterocycles. The van der Waals surface area contributed by atoms with Crippen LogP contribution in [0.1, 0.15) is 41.2 Å². The maximum Gasteiger partial charge on any atom is 0.117 e. The highest BCUT2D eigenvalue weighted by Crippen LogP contribution is 2.41. The number of nitrogens with one attached hydrogen (secondary N) is 1. The van der Waals surface area contributed by atoms with Crippen LogP contribution < -0.4 is 0 Å². The summed E-state index contributed by atoms with van der Waals surface area (Å²) in [6.07, 6.45) is 10.6. The lowest BCUT2D eigenvalue weighted by Gasteiger charge is -2.32. The van der Waals surface area contributed by atoms with Gasteiger partial charge in [-0.05, 0) is 37.1 Å². The number of hydrogen-bond acceptors (Lipinski definition) is 5. The summed E-state index contributed by atoms with van der Waals surface area (Å²) in [4.78, 5) is 9.26. The van der Waals surface area contributed by atoms with Crippen molar-refractivity contribution in [2.24, 2.45) is 11.1 Å². The lowest BCUT2D eigenvalue weighted by atomic mass is 9.72. The van der Waals surface area contributed by atoms with Crippen molar-refractivity contribution in [1.29, 1.82) is 0 Å². The monoisotopic (exact) mass is 357 g/mol. The molecule has 1 saturated carbocycles. The molecule has 0 radical (unpaired) electrons. The van der Waals surface area contributed by atoms with Crippen LogP contribution in [0, 0.1) is 5.92 Å². The molecule has 3 aromatic heterocycles. The van der Waals surface area contributed by atoms with Crippen LogP contribution in [0.2, 0.25) is 0 Å². The van der Waals surface area contributed by atoms with Crippen LogP contribution in [0.4, 0.5) is 0 Å². The predicted octanol–water partition coefficient (Wildman–Crippen LogP) is 3.34. The zero-order chi connectivity index (χ0) is 18.3. The second-order valence-electron chi connectivity index (χ2n) is 7.14. The molecule has 0 atom stereocenters. The molecule has 2 N–H and O–H groups in total. The number of fused-ring (bicyclic) bond motifs is 1. The summed E-state index contributed by atoms with van der Waals surface area (Å²) in [5.74, 6) is 0.314. The molecule has 3 aromatic rings. The molecule has 2 aliphatic carbocycles. The Balaban J connectivity index is 1.63. The number of allylic oxidation sites excluding steroid dienone is 1. The van der Waals surface area contributed by atoms with E-state index < -0.39 is 5.41 Å². The van der Waals surface area contributed by atoms with Gasteiger partial charge in [0.25, 0.3) is 0 Å². The molecular formula is C21H19N5O. The summed E-state index contributed by atoms with van der Waals surface area (Å²) in [5, 5.41) is 20.6. The third-order valence-electron chi connectivity index (χ3n) is 5.43. The Hall–Kier alpha value is -3.28. The van der Waals surface area contributed by atoms with Crippen LogP contribution in [-0.2, 0) is 11.8 Å². The quantitative estimate of drug-likeness (QED) is 0.426. The summed E-state index contributed by atoms with van der Waals surface area (Å²) in [5.41, 5.74) is 4.86. The molecule has 0 amide bonds. The van der Waals surface area contributed by atoms with Crippen molar-refractivity contribution in [2.45, 2.75) is 24.7 Å². The van der Waals surface area contributed by atoms with Gasteiger partial charge in [-0.1, -0.05) is 29.4 Å². The van der Waals surface area contributed by atoms with Gasteiger partial charge in [-0.25, -0.2) is 0 Å². The fraction of sp³-hybridized carbons (Fsp3) is 0.238. The van der Waals surface area contributed by atoms with Gasteiger partial charge in [0.05, 0.1) is 16.8 Å². The summed E-state index contributed by atoms with van der Waals surface area (Å²) in [6.45, 7) is 0. The van der Waals surface area contributed by atoms with Crippen molar-refractivity contribution < 1.29 is 5.21 Å². The number of aromatic nitrogens is 4. The van der Waals surface area contributed by atoms with Gasteiger partial charge in [0.15, 0.2) is 0 Å². The number of aromatic amines is 1. The second-order valence-corrected chi connectivity index (χ2v) is 7.14. The average molecular weight is 357 g/mol. The Morgan fingerprint density at radius 1 is 1.07 bits per heavy atom. The zero-order valence-corrected chi connectivity index (χ0v) is 14.7. The van der Waals surface area contributed by atoms with Gasteiger partial charge in [0, 0.05) is 36.0 Å². The Kier molecular flexibility index (Phi) is 3.63. The first-order valence-electron chi connectivity index (χ1n) is 9.13. The van der Waals surface area contributed by atoms with Gasteiger partial charge in [0.1, 0.15) is 11.4 Å². The smallest absolute Gasteiger partial charge is 0.117 e. The van der Waals surface area contributed by atoms with Crippen molar-refractivity contribution >= 4 is 11.8 Å². The fourth-order valence-electron chi connectivity index (χ4n) is 3.88. The molecule has 0 spiro atoms. The minimum atomic E-state index is -0.463. The van der Waals surface area contributed by atoms with Crippen LogP contribution >= 0.6 is 0 Å². The molecule has 5 rings (SSSR count). The minimum Gasteiger partial charge on any atom is -0.411 e. The van der Waals surface area contributed by atoms with Gasteiger partial charge >= 0.3 is 0 Å². The maximum atomic E-state index is 9.46. The largest absolute Gasteiger partial charge is 0.411 e. The first-order valence-corrected chi connectivity index (χ1v) is 9.13. The number of rotatable bonds is 4. The van der Waals surface area contributed by atoms with E-state index in [9.17, 15) is 5.21 Å². The number of hydrogen-bond donors (Lipinski definition) is 2. The average Bonchev–Trinajstić information content (AvgIpc) is 3.49. The maximum absolute atomic E-state index is 9.46. The van der Waals surface area contributed by atoms with Crippen molar-refractivity contribution in [1.82, 2.24) is 20.2 Å². The Bertz CT molecular complexity index is 980. The summed E-state index contributed by atoms with van der Waals surface area (Å²) >= 11 is 0. The first-order chi connectivity index (χ1) is 13.3. The van der Waals surface area contributed by atoms with Gasteiger partial charge in [-0.15, -0.1) is 0 Å². The van der Waals surface area contributed by atoms with E-state index in [4.69, 9.17) is 0 Å². The third-order valence-corrected chi connectivity index (χ3v) is 5.43. The Morgan fingerprint density at radius 3 is 2.33 bits per heavy atom. The van der Waals surface area contributed by atoms with E-state index >= 15 is 0 Å². The molecule has 0 unspecified atom stereocenters. The first kappa shape index (κ1) is 15.9. The number of nitrogens with zero attached hydrogens (tertiary/aromatic N) is 4. The van der Waals surface area contributed by atoms with Gasteiger partial charge in [0.2, 0.25) is 0 Å². The van der Waals surface area contributed by atoms with Gasteiger partial charge < -0.3 is 5.21 Å². The molecule has 134 valence electrons. The van der Waals surface area contributed by atoms with E-state index in [0.29, 0.717) is 18.1 Å². The molecule has 1 fully saturated rings. The lowest BCUT2D eigenvalue weighted by Crippen LogP contribution is -2.32. The van der Waals surface area contributed by atoms with Crippen LogP contribution in [-0.4, -0.2) is 31.1 Å². The highest BCUT2D eigenvalue weighted by Gasteiger charge is 2.40. The van der Waals surface area contributed by atoms with E-state index in [1.807, 2.05) is 48.8 Å². The molecule has 27 heavy (non-hydrogen) atoms. The number of H-pyrrole nitrogens is 1. The molecule has 0 aromatic carbocycles. The fourth-order valence-corrected chi connectivity index (χ4v) is 3.88. The highest BCUT2D eigenvalue weighted by molar-refractivity contribution is 6.04. The van der Waals surface area contributed by atoms with Crippen molar-refractivity contribution in [2.75, 3.05) is 0 Å². The van der Waals surface area contributed by atoms with E-state index in [0.717, 1.165) is 41.2 Å². The van der Waals surface area contributed by atoms with Gasteiger partial charge in [-0.2, -0.15) is 5.10 Å². The van der Waals surface area contributed by atoms with E-state index in [-0.39, 0.29) is 0 Å².